The highest BCUT2D eigenvalue weighted by atomic mass is 79.9. The van der Waals surface area contributed by atoms with Crippen LogP contribution in [0.4, 0.5) is 4.39 Å². The number of amides is 1. The van der Waals surface area contributed by atoms with E-state index in [0.29, 0.717) is 22.9 Å². The summed E-state index contributed by atoms with van der Waals surface area (Å²) in [6, 6.07) is 4.30. The van der Waals surface area contributed by atoms with E-state index in [-0.39, 0.29) is 29.8 Å². The molecule has 5 heteroatoms. The summed E-state index contributed by atoms with van der Waals surface area (Å²) < 4.78 is 14.8. The van der Waals surface area contributed by atoms with Gasteiger partial charge >= 0.3 is 0 Å². The van der Waals surface area contributed by atoms with Crippen molar-refractivity contribution in [1.29, 1.82) is 0 Å². The molecule has 1 aliphatic rings. The van der Waals surface area contributed by atoms with Crippen LogP contribution in [0.1, 0.15) is 38.3 Å². The second kappa shape index (κ2) is 5.59. The van der Waals surface area contributed by atoms with Gasteiger partial charge in [-0.2, -0.15) is 0 Å². The monoisotopic (exact) mass is 328 g/mol. The number of nitrogens with two attached hydrogens (primary N) is 1. The Labute approximate surface area is 121 Å². The fourth-order valence-corrected chi connectivity index (χ4v) is 3.00. The molecule has 0 radical (unpaired) electrons. The third-order valence-electron chi connectivity index (χ3n) is 3.52. The van der Waals surface area contributed by atoms with E-state index in [9.17, 15) is 9.18 Å². The minimum absolute atomic E-state index is 0.00639. The van der Waals surface area contributed by atoms with Crippen LogP contribution < -0.4 is 5.73 Å². The van der Waals surface area contributed by atoms with E-state index in [1.165, 1.54) is 6.07 Å². The second-order valence-corrected chi connectivity index (χ2v) is 6.12. The Morgan fingerprint density at radius 3 is 2.74 bits per heavy atom. The van der Waals surface area contributed by atoms with E-state index in [1.807, 2.05) is 13.8 Å². The molecular weight excluding hydrogens is 311 g/mol. The number of rotatable bonds is 2. The van der Waals surface area contributed by atoms with Crippen molar-refractivity contribution >= 4 is 21.8 Å². The molecular formula is C14H18BrFN2O. The molecule has 1 heterocycles. The van der Waals surface area contributed by atoms with Gasteiger partial charge in [-0.3, -0.25) is 4.79 Å². The zero-order chi connectivity index (χ0) is 14.2. The van der Waals surface area contributed by atoms with Gasteiger partial charge in [-0.15, -0.1) is 0 Å². The summed E-state index contributed by atoms with van der Waals surface area (Å²) in [5.74, 6) is -0.279. The van der Waals surface area contributed by atoms with E-state index < -0.39 is 0 Å². The molecule has 104 valence electrons. The number of likely N-dealkylation sites (tertiary alicyclic amines) is 1. The van der Waals surface area contributed by atoms with Crippen LogP contribution in [0.25, 0.3) is 0 Å². The highest BCUT2D eigenvalue weighted by Crippen LogP contribution is 2.34. The van der Waals surface area contributed by atoms with Gasteiger partial charge in [0.1, 0.15) is 5.82 Å². The van der Waals surface area contributed by atoms with Crippen molar-refractivity contribution < 1.29 is 9.18 Å². The van der Waals surface area contributed by atoms with Gasteiger partial charge in [-0.05, 0) is 32.4 Å². The van der Waals surface area contributed by atoms with E-state index in [4.69, 9.17) is 5.73 Å². The normalized spacial score (nSPS) is 24.1. The summed E-state index contributed by atoms with van der Waals surface area (Å²) in [5.41, 5.74) is 6.63. The summed E-state index contributed by atoms with van der Waals surface area (Å²) in [4.78, 5) is 13.8. The molecule has 0 aliphatic carbocycles. The van der Waals surface area contributed by atoms with Crippen molar-refractivity contribution in [1.82, 2.24) is 4.90 Å². The lowest BCUT2D eigenvalue weighted by Gasteiger charge is -2.42. The molecule has 1 amide bonds. The largest absolute Gasteiger partial charge is 0.332 e. The molecule has 1 aliphatic heterocycles. The molecule has 19 heavy (non-hydrogen) atoms. The lowest BCUT2D eigenvalue weighted by atomic mass is 9.89. The van der Waals surface area contributed by atoms with Crippen molar-refractivity contribution in [3.05, 3.63) is 34.1 Å². The molecule has 1 aromatic rings. The van der Waals surface area contributed by atoms with Crippen molar-refractivity contribution in [2.45, 2.75) is 44.8 Å². The van der Waals surface area contributed by atoms with Crippen LogP contribution in [0, 0.1) is 5.82 Å². The molecule has 2 atom stereocenters. The van der Waals surface area contributed by atoms with E-state index in [2.05, 4.69) is 15.9 Å². The zero-order valence-corrected chi connectivity index (χ0v) is 12.7. The smallest absolute Gasteiger partial charge is 0.223 e. The molecule has 2 unspecified atom stereocenters. The van der Waals surface area contributed by atoms with E-state index in [0.717, 1.165) is 0 Å². The molecule has 0 aromatic heterocycles. The predicted molar refractivity (Wildman–Crippen MR) is 76.0 cm³/mol. The van der Waals surface area contributed by atoms with Gasteiger partial charge in [0, 0.05) is 28.5 Å². The molecule has 0 spiro atoms. The first kappa shape index (κ1) is 14.5. The molecule has 3 nitrogen and oxygen atoms in total. The van der Waals surface area contributed by atoms with Crippen LogP contribution in [0.15, 0.2) is 22.7 Å². The Balaban J connectivity index is 2.45. The summed E-state index contributed by atoms with van der Waals surface area (Å²) in [6.07, 6.45) is 1.04. The Bertz CT molecular complexity index is 492. The molecule has 2 N–H and O–H groups in total. The number of carbonyl (C=O) groups excluding carboxylic acids is 1. The molecule has 0 bridgehead atoms. The summed E-state index contributed by atoms with van der Waals surface area (Å²) in [6.45, 7) is 3.86. The first-order valence-electron chi connectivity index (χ1n) is 6.43. The highest BCUT2D eigenvalue weighted by molar-refractivity contribution is 9.10. The standard InChI is InChI=1S/C14H18BrFN2O/c1-8(2)18-13(19)6-5-12(17)14(18)10-4-3-9(15)7-11(10)16/h3-4,7-8,12,14H,5-6,17H2,1-2H3. The maximum atomic E-state index is 14.1. The van der Waals surface area contributed by atoms with Gasteiger partial charge in [0.25, 0.3) is 0 Å². The zero-order valence-electron chi connectivity index (χ0n) is 11.1. The molecule has 1 aromatic carbocycles. The average molecular weight is 329 g/mol. The van der Waals surface area contributed by atoms with Crippen molar-refractivity contribution in [3.63, 3.8) is 0 Å². The van der Waals surface area contributed by atoms with Gasteiger partial charge in [0.05, 0.1) is 6.04 Å². The Morgan fingerprint density at radius 2 is 2.16 bits per heavy atom. The topological polar surface area (TPSA) is 46.3 Å². The summed E-state index contributed by atoms with van der Waals surface area (Å²) in [5, 5.41) is 0. The first-order valence-corrected chi connectivity index (χ1v) is 7.22. The Kier molecular flexibility index (Phi) is 4.26. The maximum Gasteiger partial charge on any atom is 0.223 e. The summed E-state index contributed by atoms with van der Waals surface area (Å²) >= 11 is 3.24. The van der Waals surface area contributed by atoms with E-state index in [1.54, 1.807) is 17.0 Å². The number of halogens is 2. The average Bonchev–Trinajstić information content (AvgIpc) is 2.32. The van der Waals surface area contributed by atoms with Gasteiger partial charge in [-0.1, -0.05) is 22.0 Å². The lowest BCUT2D eigenvalue weighted by Crippen LogP contribution is -2.51. The van der Waals surface area contributed by atoms with Crippen molar-refractivity contribution in [2.24, 2.45) is 5.73 Å². The molecule has 1 fully saturated rings. The van der Waals surface area contributed by atoms with Crippen LogP contribution in [0.5, 0.6) is 0 Å². The molecule has 0 saturated carbocycles. The van der Waals surface area contributed by atoms with Gasteiger partial charge < -0.3 is 10.6 Å². The van der Waals surface area contributed by atoms with Gasteiger partial charge in [0.2, 0.25) is 5.91 Å². The number of carbonyl (C=O) groups is 1. The first-order chi connectivity index (χ1) is 8.91. The van der Waals surface area contributed by atoms with Gasteiger partial charge in [-0.25, -0.2) is 4.39 Å². The van der Waals surface area contributed by atoms with Crippen LogP contribution in [-0.4, -0.2) is 22.9 Å². The SMILES string of the molecule is CC(C)N1C(=O)CCC(N)C1c1ccc(Br)cc1F. The number of nitrogens with zero attached hydrogens (tertiary/aromatic N) is 1. The maximum absolute atomic E-state index is 14.1. The highest BCUT2D eigenvalue weighted by Gasteiger charge is 2.37. The van der Waals surface area contributed by atoms with Gasteiger partial charge in [0.15, 0.2) is 0 Å². The molecule has 1 saturated heterocycles. The van der Waals surface area contributed by atoms with Crippen molar-refractivity contribution in [3.8, 4) is 0 Å². The Morgan fingerprint density at radius 1 is 1.47 bits per heavy atom. The minimum Gasteiger partial charge on any atom is -0.332 e. The summed E-state index contributed by atoms with van der Waals surface area (Å²) in [7, 11) is 0. The fourth-order valence-electron chi connectivity index (χ4n) is 2.67. The minimum atomic E-state index is -0.380. The second-order valence-electron chi connectivity index (χ2n) is 5.21. The third-order valence-corrected chi connectivity index (χ3v) is 4.02. The Hall–Kier alpha value is -0.940. The molecule has 2 rings (SSSR count). The fraction of sp³-hybridized carbons (Fsp3) is 0.500. The van der Waals surface area contributed by atoms with Crippen LogP contribution in [-0.2, 0) is 4.79 Å². The number of benzene rings is 1. The van der Waals surface area contributed by atoms with Crippen molar-refractivity contribution in [2.75, 3.05) is 0 Å². The lowest BCUT2D eigenvalue weighted by molar-refractivity contribution is -0.139. The van der Waals surface area contributed by atoms with Crippen LogP contribution in [0.3, 0.4) is 0 Å². The number of piperidine rings is 1. The van der Waals surface area contributed by atoms with Crippen LogP contribution >= 0.6 is 15.9 Å². The van der Waals surface area contributed by atoms with Crippen LogP contribution in [0.2, 0.25) is 0 Å². The number of hydrogen-bond donors (Lipinski definition) is 1. The van der Waals surface area contributed by atoms with E-state index >= 15 is 0 Å². The number of hydrogen-bond acceptors (Lipinski definition) is 2. The third kappa shape index (κ3) is 2.82. The quantitative estimate of drug-likeness (QED) is 0.907. The predicted octanol–water partition coefficient (Wildman–Crippen LogP) is 2.99.